The van der Waals surface area contributed by atoms with E-state index in [1.165, 1.54) is 0 Å². The lowest BCUT2D eigenvalue weighted by Crippen LogP contribution is -2.23. The highest BCUT2D eigenvalue weighted by Crippen LogP contribution is 2.37. The number of benzene rings is 1. The fourth-order valence-electron chi connectivity index (χ4n) is 2.47. The normalized spacial score (nSPS) is 18.1. The van der Waals surface area contributed by atoms with E-state index in [9.17, 15) is 9.59 Å². The third-order valence-electron chi connectivity index (χ3n) is 3.38. The molecule has 1 aromatic carbocycles. The van der Waals surface area contributed by atoms with Gasteiger partial charge in [-0.2, -0.15) is 0 Å². The third kappa shape index (κ3) is 2.09. The Morgan fingerprint density at radius 1 is 1.41 bits per heavy atom. The van der Waals surface area contributed by atoms with E-state index in [-0.39, 0.29) is 17.6 Å². The van der Waals surface area contributed by atoms with Crippen LogP contribution in [-0.4, -0.2) is 30.7 Å². The van der Waals surface area contributed by atoms with Crippen LogP contribution in [0, 0.1) is 6.92 Å². The number of ketones is 1. The van der Waals surface area contributed by atoms with Crippen molar-refractivity contribution in [1.29, 1.82) is 0 Å². The van der Waals surface area contributed by atoms with E-state index in [2.05, 4.69) is 0 Å². The molecule has 0 saturated carbocycles. The maximum Gasteiger partial charge on any atom is 0.222 e. The van der Waals surface area contributed by atoms with E-state index in [1.54, 1.807) is 19.0 Å². The molecular weight excluding hydrogens is 214 g/mol. The molecule has 17 heavy (non-hydrogen) atoms. The molecule has 0 bridgehead atoms. The van der Waals surface area contributed by atoms with Crippen LogP contribution >= 0.6 is 0 Å². The van der Waals surface area contributed by atoms with Gasteiger partial charge in [0.2, 0.25) is 5.91 Å². The van der Waals surface area contributed by atoms with Gasteiger partial charge in [0.05, 0.1) is 0 Å². The topological polar surface area (TPSA) is 37.4 Å². The number of amides is 1. The summed E-state index contributed by atoms with van der Waals surface area (Å²) in [5, 5.41) is 0. The standard InChI is InChI=1S/C14H17NO2/c1-9-5-4-6-11-12(16)7-10(14(9)11)8-13(17)15(2)3/h4-6,10H,7-8H2,1-3H3. The van der Waals surface area contributed by atoms with Crippen LogP contribution in [-0.2, 0) is 4.79 Å². The van der Waals surface area contributed by atoms with E-state index >= 15 is 0 Å². The molecule has 0 N–H and O–H groups in total. The molecule has 1 unspecified atom stereocenters. The Morgan fingerprint density at radius 2 is 2.12 bits per heavy atom. The van der Waals surface area contributed by atoms with Crippen LogP contribution in [0.4, 0.5) is 0 Å². The number of aryl methyl sites for hydroxylation is 1. The van der Waals surface area contributed by atoms with Gasteiger partial charge in [-0.1, -0.05) is 18.2 Å². The van der Waals surface area contributed by atoms with Crippen molar-refractivity contribution in [2.24, 2.45) is 0 Å². The highest BCUT2D eigenvalue weighted by atomic mass is 16.2. The van der Waals surface area contributed by atoms with E-state index in [0.29, 0.717) is 12.8 Å². The fourth-order valence-corrected chi connectivity index (χ4v) is 2.47. The van der Waals surface area contributed by atoms with Crippen molar-refractivity contribution in [3.05, 3.63) is 34.9 Å². The molecule has 0 aliphatic heterocycles. The average Bonchev–Trinajstić information content (AvgIpc) is 2.57. The molecule has 3 nitrogen and oxygen atoms in total. The minimum absolute atomic E-state index is 0.0635. The molecule has 1 aliphatic rings. The molecule has 2 rings (SSSR count). The van der Waals surface area contributed by atoms with Crippen LogP contribution in [0.3, 0.4) is 0 Å². The van der Waals surface area contributed by atoms with Crippen molar-refractivity contribution in [2.45, 2.75) is 25.7 Å². The lowest BCUT2D eigenvalue weighted by molar-refractivity contribution is -0.129. The predicted molar refractivity (Wildman–Crippen MR) is 66.2 cm³/mol. The first kappa shape index (κ1) is 11.8. The first-order valence-electron chi connectivity index (χ1n) is 5.83. The molecule has 0 spiro atoms. The molecule has 1 aliphatic carbocycles. The lowest BCUT2D eigenvalue weighted by Gasteiger charge is -2.16. The number of hydrogen-bond acceptors (Lipinski definition) is 2. The number of carbonyl (C=O) groups is 2. The monoisotopic (exact) mass is 231 g/mol. The molecule has 1 amide bonds. The van der Waals surface area contributed by atoms with Crippen molar-refractivity contribution in [1.82, 2.24) is 4.90 Å². The summed E-state index contributed by atoms with van der Waals surface area (Å²) in [7, 11) is 3.50. The SMILES string of the molecule is Cc1cccc2c1C(CC(=O)N(C)C)CC2=O. The van der Waals surface area contributed by atoms with Crippen LogP contribution in [0.1, 0.15) is 40.2 Å². The van der Waals surface area contributed by atoms with Crippen molar-refractivity contribution in [2.75, 3.05) is 14.1 Å². The van der Waals surface area contributed by atoms with Gasteiger partial charge in [-0.15, -0.1) is 0 Å². The molecule has 1 atom stereocenters. The summed E-state index contributed by atoms with van der Waals surface area (Å²) >= 11 is 0. The maximum atomic E-state index is 11.9. The fraction of sp³-hybridized carbons (Fsp3) is 0.429. The van der Waals surface area contributed by atoms with Gasteiger partial charge in [0, 0.05) is 38.4 Å². The molecule has 0 saturated heterocycles. The highest BCUT2D eigenvalue weighted by molar-refractivity contribution is 6.02. The Balaban J connectivity index is 2.31. The zero-order valence-electron chi connectivity index (χ0n) is 10.5. The second-order valence-electron chi connectivity index (χ2n) is 4.85. The van der Waals surface area contributed by atoms with Crippen LogP contribution in [0.2, 0.25) is 0 Å². The predicted octanol–water partition coefficient (Wildman–Crippen LogP) is 2.14. The van der Waals surface area contributed by atoms with Crippen molar-refractivity contribution in [3.63, 3.8) is 0 Å². The minimum Gasteiger partial charge on any atom is -0.349 e. The van der Waals surface area contributed by atoms with Gasteiger partial charge >= 0.3 is 0 Å². The van der Waals surface area contributed by atoms with Gasteiger partial charge in [-0.25, -0.2) is 0 Å². The van der Waals surface area contributed by atoms with Gasteiger partial charge in [-0.3, -0.25) is 9.59 Å². The van der Waals surface area contributed by atoms with Crippen LogP contribution < -0.4 is 0 Å². The van der Waals surface area contributed by atoms with Crippen LogP contribution in [0.5, 0.6) is 0 Å². The van der Waals surface area contributed by atoms with Crippen molar-refractivity contribution in [3.8, 4) is 0 Å². The Kier molecular flexibility index (Phi) is 3.01. The van der Waals surface area contributed by atoms with Crippen LogP contribution in [0.25, 0.3) is 0 Å². The van der Waals surface area contributed by atoms with Gasteiger partial charge in [-0.05, 0) is 18.1 Å². The number of carbonyl (C=O) groups excluding carboxylic acids is 2. The molecule has 90 valence electrons. The number of Topliss-reactive ketones (excluding diaryl/α,β-unsaturated/α-hetero) is 1. The Morgan fingerprint density at radius 3 is 2.76 bits per heavy atom. The maximum absolute atomic E-state index is 11.9. The van der Waals surface area contributed by atoms with Crippen molar-refractivity contribution >= 4 is 11.7 Å². The second kappa shape index (κ2) is 4.32. The Bertz CT molecular complexity index is 477. The molecule has 1 aromatic rings. The van der Waals surface area contributed by atoms with Crippen LogP contribution in [0.15, 0.2) is 18.2 Å². The molecule has 0 fully saturated rings. The molecule has 0 radical (unpaired) electrons. The average molecular weight is 231 g/mol. The van der Waals surface area contributed by atoms with E-state index in [4.69, 9.17) is 0 Å². The number of nitrogens with zero attached hydrogens (tertiary/aromatic N) is 1. The van der Waals surface area contributed by atoms with Gasteiger partial charge in [0.25, 0.3) is 0 Å². The van der Waals surface area contributed by atoms with Gasteiger partial charge < -0.3 is 4.90 Å². The summed E-state index contributed by atoms with van der Waals surface area (Å²) in [6.07, 6.45) is 0.899. The first-order valence-corrected chi connectivity index (χ1v) is 5.83. The summed E-state index contributed by atoms with van der Waals surface area (Å²) in [5.41, 5.74) is 3.00. The van der Waals surface area contributed by atoms with Gasteiger partial charge in [0.1, 0.15) is 0 Å². The quantitative estimate of drug-likeness (QED) is 0.782. The molecule has 3 heteroatoms. The Hall–Kier alpha value is -1.64. The number of hydrogen-bond donors (Lipinski definition) is 0. The van der Waals surface area contributed by atoms with Gasteiger partial charge in [0.15, 0.2) is 5.78 Å². The molecule has 0 heterocycles. The summed E-state index contributed by atoms with van der Waals surface area (Å²) < 4.78 is 0. The molecule has 0 aromatic heterocycles. The summed E-state index contributed by atoms with van der Waals surface area (Å²) in [5.74, 6) is 0.313. The number of rotatable bonds is 2. The second-order valence-corrected chi connectivity index (χ2v) is 4.85. The number of fused-ring (bicyclic) bond motifs is 1. The van der Waals surface area contributed by atoms with Crippen molar-refractivity contribution < 1.29 is 9.59 Å². The smallest absolute Gasteiger partial charge is 0.222 e. The van der Waals surface area contributed by atoms with E-state index in [0.717, 1.165) is 16.7 Å². The zero-order valence-corrected chi connectivity index (χ0v) is 10.5. The lowest BCUT2D eigenvalue weighted by atomic mass is 9.93. The highest BCUT2D eigenvalue weighted by Gasteiger charge is 2.32. The first-order chi connectivity index (χ1) is 8.00. The molecular formula is C14H17NO2. The summed E-state index contributed by atoms with van der Waals surface area (Å²) in [6.45, 7) is 2.00. The summed E-state index contributed by atoms with van der Waals surface area (Å²) in [4.78, 5) is 25.2. The van der Waals surface area contributed by atoms with E-state index < -0.39 is 0 Å². The Labute approximate surface area is 101 Å². The zero-order chi connectivity index (χ0) is 12.6. The van der Waals surface area contributed by atoms with E-state index in [1.807, 2.05) is 25.1 Å². The largest absolute Gasteiger partial charge is 0.349 e. The third-order valence-corrected chi connectivity index (χ3v) is 3.38. The minimum atomic E-state index is 0.0635. The summed E-state index contributed by atoms with van der Waals surface area (Å²) in [6, 6.07) is 5.78.